The van der Waals surface area contributed by atoms with Crippen LogP contribution in [0.4, 0.5) is 14.5 Å². The van der Waals surface area contributed by atoms with Crippen molar-refractivity contribution < 1.29 is 13.6 Å². The smallest absolute Gasteiger partial charge is 0.226 e. The summed E-state index contributed by atoms with van der Waals surface area (Å²) in [6.45, 7) is 1.45. The molecule has 2 aromatic carbocycles. The van der Waals surface area contributed by atoms with Crippen LogP contribution in [0.15, 0.2) is 48.5 Å². The molecule has 1 saturated heterocycles. The maximum absolute atomic E-state index is 13.4. The molecule has 26 heavy (non-hydrogen) atoms. The van der Waals surface area contributed by atoms with Gasteiger partial charge in [-0.25, -0.2) is 8.78 Å². The predicted octanol–water partition coefficient (Wildman–Crippen LogP) is 4.17. The third-order valence-corrected chi connectivity index (χ3v) is 5.41. The van der Waals surface area contributed by atoms with Gasteiger partial charge in [0.2, 0.25) is 5.91 Å². The van der Waals surface area contributed by atoms with E-state index in [-0.39, 0.29) is 29.4 Å². The van der Waals surface area contributed by atoms with E-state index in [1.807, 2.05) is 11.0 Å². The average Bonchev–Trinajstić information content (AvgIpc) is 3.45. The van der Waals surface area contributed by atoms with Crippen molar-refractivity contribution in [3.05, 3.63) is 65.7 Å². The summed E-state index contributed by atoms with van der Waals surface area (Å²) < 4.78 is 26.3. The summed E-state index contributed by atoms with van der Waals surface area (Å²) in [6.07, 6.45) is 2.57. The number of carbonyl (C=O) groups is 1. The summed E-state index contributed by atoms with van der Waals surface area (Å²) in [5.74, 6) is -0.132. The number of hydrogen-bond acceptors (Lipinski definition) is 2. The van der Waals surface area contributed by atoms with Gasteiger partial charge in [0.05, 0.1) is 0 Å². The van der Waals surface area contributed by atoms with E-state index in [0.717, 1.165) is 43.6 Å². The van der Waals surface area contributed by atoms with E-state index >= 15 is 0 Å². The molecule has 0 radical (unpaired) electrons. The number of benzene rings is 2. The molecule has 0 aromatic heterocycles. The van der Waals surface area contributed by atoms with Crippen LogP contribution in [0.25, 0.3) is 0 Å². The lowest BCUT2D eigenvalue weighted by Crippen LogP contribution is -2.43. The van der Waals surface area contributed by atoms with E-state index in [0.29, 0.717) is 6.04 Å². The maximum Gasteiger partial charge on any atom is 0.226 e. The largest absolute Gasteiger partial charge is 0.382 e. The molecule has 1 heterocycles. The van der Waals surface area contributed by atoms with Crippen LogP contribution in [0.3, 0.4) is 0 Å². The minimum absolute atomic E-state index is 0.00147. The van der Waals surface area contributed by atoms with Crippen LogP contribution < -0.4 is 5.32 Å². The Labute approximate surface area is 152 Å². The molecule has 1 amide bonds. The minimum atomic E-state index is -0.242. The van der Waals surface area contributed by atoms with Crippen molar-refractivity contribution in [3.63, 3.8) is 0 Å². The Morgan fingerprint density at radius 3 is 2.42 bits per heavy atom. The second kappa shape index (κ2) is 7.06. The van der Waals surface area contributed by atoms with Gasteiger partial charge in [-0.15, -0.1) is 0 Å². The average molecular weight is 356 g/mol. The first-order valence-electron chi connectivity index (χ1n) is 9.16. The first kappa shape index (κ1) is 17.0. The molecule has 1 N–H and O–H groups in total. The Morgan fingerprint density at radius 2 is 1.73 bits per heavy atom. The highest BCUT2D eigenvalue weighted by Crippen LogP contribution is 2.48. The van der Waals surface area contributed by atoms with Crippen molar-refractivity contribution in [2.45, 2.75) is 31.2 Å². The van der Waals surface area contributed by atoms with Crippen molar-refractivity contribution in [2.75, 3.05) is 18.4 Å². The molecular formula is C21H22F2N2O. The highest BCUT2D eigenvalue weighted by molar-refractivity contribution is 5.83. The fourth-order valence-corrected chi connectivity index (χ4v) is 3.83. The molecule has 3 nitrogen and oxygen atoms in total. The lowest BCUT2D eigenvalue weighted by atomic mass is 10.0. The van der Waals surface area contributed by atoms with Gasteiger partial charge in [0, 0.05) is 30.7 Å². The fraction of sp³-hybridized carbons (Fsp3) is 0.381. The highest BCUT2D eigenvalue weighted by atomic mass is 19.1. The fourth-order valence-electron chi connectivity index (χ4n) is 3.83. The van der Waals surface area contributed by atoms with Crippen LogP contribution >= 0.6 is 0 Å². The molecular weight excluding hydrogens is 334 g/mol. The summed E-state index contributed by atoms with van der Waals surface area (Å²) in [7, 11) is 0. The summed E-state index contributed by atoms with van der Waals surface area (Å²) in [4.78, 5) is 14.6. The molecule has 2 fully saturated rings. The van der Waals surface area contributed by atoms with E-state index < -0.39 is 0 Å². The Balaban J connectivity index is 1.28. The van der Waals surface area contributed by atoms with Crippen LogP contribution in [0.1, 0.15) is 30.7 Å². The third-order valence-electron chi connectivity index (χ3n) is 5.41. The van der Waals surface area contributed by atoms with Crippen molar-refractivity contribution in [1.29, 1.82) is 0 Å². The van der Waals surface area contributed by atoms with Gasteiger partial charge in [-0.2, -0.15) is 0 Å². The van der Waals surface area contributed by atoms with Gasteiger partial charge in [-0.3, -0.25) is 4.79 Å². The lowest BCUT2D eigenvalue weighted by Gasteiger charge is -2.33. The molecule has 1 saturated carbocycles. The molecule has 0 bridgehead atoms. The van der Waals surface area contributed by atoms with Gasteiger partial charge in [-0.1, -0.05) is 12.1 Å². The molecule has 2 aliphatic rings. The first-order chi connectivity index (χ1) is 12.6. The minimum Gasteiger partial charge on any atom is -0.382 e. The number of nitrogens with one attached hydrogen (secondary N) is 1. The van der Waals surface area contributed by atoms with E-state index in [9.17, 15) is 13.6 Å². The number of nitrogens with zero attached hydrogens (tertiary/aromatic N) is 1. The van der Waals surface area contributed by atoms with Gasteiger partial charge >= 0.3 is 0 Å². The predicted molar refractivity (Wildman–Crippen MR) is 96.9 cm³/mol. The highest BCUT2D eigenvalue weighted by Gasteiger charge is 2.46. The van der Waals surface area contributed by atoms with Gasteiger partial charge in [-0.05, 0) is 67.1 Å². The van der Waals surface area contributed by atoms with E-state index in [2.05, 4.69) is 5.32 Å². The molecule has 1 aliphatic carbocycles. The molecule has 4 rings (SSSR count). The van der Waals surface area contributed by atoms with Crippen molar-refractivity contribution in [2.24, 2.45) is 5.92 Å². The zero-order valence-corrected chi connectivity index (χ0v) is 14.5. The van der Waals surface area contributed by atoms with Crippen LogP contribution in [0, 0.1) is 17.6 Å². The molecule has 1 aliphatic heterocycles. The molecule has 5 heteroatoms. The zero-order valence-electron chi connectivity index (χ0n) is 14.5. The number of carbonyl (C=O) groups excluding carboxylic acids is 1. The SMILES string of the molecule is O=C([C@H]1C[C@@H]1c1cccc(F)c1)N1CCC(Nc2ccc(F)cc2)CC1. The Morgan fingerprint density at radius 1 is 1.00 bits per heavy atom. The quantitative estimate of drug-likeness (QED) is 0.892. The Kier molecular flexibility index (Phi) is 4.62. The first-order valence-corrected chi connectivity index (χ1v) is 9.16. The van der Waals surface area contributed by atoms with Crippen molar-refractivity contribution >= 4 is 11.6 Å². The number of rotatable bonds is 4. The second-order valence-corrected chi connectivity index (χ2v) is 7.25. The van der Waals surface area contributed by atoms with E-state index in [1.54, 1.807) is 18.2 Å². The maximum atomic E-state index is 13.4. The Bertz CT molecular complexity index is 785. The van der Waals surface area contributed by atoms with E-state index in [4.69, 9.17) is 0 Å². The number of likely N-dealkylation sites (tertiary alicyclic amines) is 1. The zero-order chi connectivity index (χ0) is 18.1. The molecule has 0 unspecified atom stereocenters. The third kappa shape index (κ3) is 3.71. The molecule has 0 spiro atoms. The van der Waals surface area contributed by atoms with Crippen LogP contribution in [-0.4, -0.2) is 29.9 Å². The summed E-state index contributed by atoms with van der Waals surface area (Å²) in [6, 6.07) is 13.2. The molecule has 2 aromatic rings. The van der Waals surface area contributed by atoms with Gasteiger partial charge in [0.25, 0.3) is 0 Å². The number of hydrogen-bond donors (Lipinski definition) is 1. The monoisotopic (exact) mass is 356 g/mol. The van der Waals surface area contributed by atoms with Crippen LogP contribution in [-0.2, 0) is 4.79 Å². The standard InChI is InChI=1S/C21H22F2N2O/c22-15-4-6-17(7-5-15)24-18-8-10-25(11-9-18)21(26)20-13-19(20)14-2-1-3-16(23)12-14/h1-7,12,18-20,24H,8-11,13H2/t19-,20+/m1/s1. The number of piperidine rings is 1. The summed E-state index contributed by atoms with van der Waals surface area (Å²) in [5, 5.41) is 3.41. The van der Waals surface area contributed by atoms with Crippen molar-refractivity contribution in [3.8, 4) is 0 Å². The van der Waals surface area contributed by atoms with Crippen LogP contribution in [0.2, 0.25) is 0 Å². The van der Waals surface area contributed by atoms with Gasteiger partial charge < -0.3 is 10.2 Å². The molecule has 136 valence electrons. The normalized spacial score (nSPS) is 22.9. The second-order valence-electron chi connectivity index (χ2n) is 7.25. The van der Waals surface area contributed by atoms with Gasteiger partial charge in [0.1, 0.15) is 11.6 Å². The number of anilines is 1. The van der Waals surface area contributed by atoms with E-state index in [1.165, 1.54) is 24.3 Å². The number of halogens is 2. The van der Waals surface area contributed by atoms with Crippen molar-refractivity contribution in [1.82, 2.24) is 4.90 Å². The molecule has 2 atom stereocenters. The summed E-state index contributed by atoms with van der Waals surface area (Å²) >= 11 is 0. The van der Waals surface area contributed by atoms with Gasteiger partial charge in [0.15, 0.2) is 0 Å². The number of amides is 1. The topological polar surface area (TPSA) is 32.3 Å². The Hall–Kier alpha value is -2.43. The summed E-state index contributed by atoms with van der Waals surface area (Å²) in [5.41, 5.74) is 1.83. The van der Waals surface area contributed by atoms with Crippen LogP contribution in [0.5, 0.6) is 0 Å². The lowest BCUT2D eigenvalue weighted by molar-refractivity contribution is -0.133.